The Morgan fingerprint density at radius 3 is 2.55 bits per heavy atom. The molecule has 1 unspecified atom stereocenters. The van der Waals surface area contributed by atoms with Crippen LogP contribution in [0.25, 0.3) is 0 Å². The van der Waals surface area contributed by atoms with Crippen molar-refractivity contribution >= 4 is 23.4 Å². The molecule has 0 radical (unpaired) electrons. The minimum atomic E-state index is -4.48. The van der Waals surface area contributed by atoms with E-state index in [1.54, 1.807) is 19.2 Å². The fraction of sp³-hybridized carbons (Fsp3) is 0.318. The summed E-state index contributed by atoms with van der Waals surface area (Å²) in [4.78, 5) is 12.3. The van der Waals surface area contributed by atoms with Crippen LogP contribution in [0.3, 0.4) is 0 Å². The summed E-state index contributed by atoms with van der Waals surface area (Å²) >= 11 is 1.14. The number of nitrogens with zero attached hydrogens (tertiary/aromatic N) is 3. The van der Waals surface area contributed by atoms with Crippen LogP contribution < -0.4 is 14.8 Å². The van der Waals surface area contributed by atoms with Gasteiger partial charge in [-0.25, -0.2) is 0 Å². The van der Waals surface area contributed by atoms with Gasteiger partial charge in [0, 0.05) is 12.2 Å². The highest BCUT2D eigenvalue weighted by Gasteiger charge is 2.30. The molecule has 176 valence electrons. The first-order valence-electron chi connectivity index (χ1n) is 10.1. The zero-order chi connectivity index (χ0) is 24.0. The van der Waals surface area contributed by atoms with Gasteiger partial charge in [-0.2, -0.15) is 13.2 Å². The maximum absolute atomic E-state index is 12.9. The minimum absolute atomic E-state index is 0.0455. The molecule has 1 atom stereocenters. The van der Waals surface area contributed by atoms with Crippen molar-refractivity contribution in [2.24, 2.45) is 0 Å². The average molecular weight is 481 g/mol. The predicted molar refractivity (Wildman–Crippen MR) is 119 cm³/mol. The van der Waals surface area contributed by atoms with Gasteiger partial charge in [0.05, 0.1) is 18.4 Å². The summed E-state index contributed by atoms with van der Waals surface area (Å²) in [6, 6.07) is 11.7. The third kappa shape index (κ3) is 6.19. The van der Waals surface area contributed by atoms with Crippen molar-refractivity contribution in [2.75, 3.05) is 18.2 Å². The molecule has 0 saturated heterocycles. The lowest BCUT2D eigenvalue weighted by Gasteiger charge is -2.17. The molecule has 0 fully saturated rings. The lowest BCUT2D eigenvalue weighted by Crippen LogP contribution is -2.16. The molecule has 3 aromatic rings. The third-order valence-electron chi connectivity index (χ3n) is 4.60. The molecule has 0 bridgehead atoms. The van der Waals surface area contributed by atoms with Gasteiger partial charge in [0.2, 0.25) is 5.91 Å². The maximum atomic E-state index is 12.9. The van der Waals surface area contributed by atoms with Crippen LogP contribution in [0.2, 0.25) is 0 Å². The van der Waals surface area contributed by atoms with Crippen molar-refractivity contribution in [2.45, 2.75) is 37.8 Å². The van der Waals surface area contributed by atoms with Crippen LogP contribution in [0.15, 0.2) is 53.7 Å². The Labute approximate surface area is 193 Å². The van der Waals surface area contributed by atoms with E-state index in [4.69, 9.17) is 9.47 Å². The number of methoxy groups -OCH3 is 1. The molecule has 1 aromatic heterocycles. The molecule has 2 aromatic carbocycles. The van der Waals surface area contributed by atoms with Crippen LogP contribution in [0, 0.1) is 0 Å². The van der Waals surface area contributed by atoms with Crippen LogP contribution in [0.1, 0.15) is 31.3 Å². The molecule has 0 aliphatic heterocycles. The second-order valence-corrected chi connectivity index (χ2v) is 7.85. The van der Waals surface area contributed by atoms with Crippen molar-refractivity contribution in [1.82, 2.24) is 14.8 Å². The molecule has 1 N–H and O–H groups in total. The Balaban J connectivity index is 1.65. The monoisotopic (exact) mass is 480 g/mol. The van der Waals surface area contributed by atoms with Crippen molar-refractivity contribution in [3.8, 4) is 11.5 Å². The molecule has 0 spiro atoms. The molecular formula is C22H23F3N4O3S. The van der Waals surface area contributed by atoms with Gasteiger partial charge >= 0.3 is 6.18 Å². The standard InChI is InChI=1S/C22H23F3N4O3S/c1-4-29-20(14(2)32-18-11-6-5-10-17(18)31-3)27-28-21(29)33-13-19(30)26-16-9-7-8-15(12-16)22(23,24)25/h5-12,14H,4,13H2,1-3H3,(H,26,30). The summed E-state index contributed by atoms with van der Waals surface area (Å²) < 4.78 is 51.7. The first-order valence-corrected chi connectivity index (χ1v) is 11.0. The number of halogens is 3. The van der Waals surface area contributed by atoms with Gasteiger partial charge in [0.1, 0.15) is 0 Å². The van der Waals surface area contributed by atoms with E-state index in [-0.39, 0.29) is 11.4 Å². The van der Waals surface area contributed by atoms with Gasteiger partial charge < -0.3 is 19.4 Å². The molecule has 0 aliphatic rings. The van der Waals surface area contributed by atoms with Crippen LogP contribution >= 0.6 is 11.8 Å². The number of benzene rings is 2. The summed E-state index contributed by atoms with van der Waals surface area (Å²) in [7, 11) is 1.56. The average Bonchev–Trinajstić information content (AvgIpc) is 3.21. The van der Waals surface area contributed by atoms with Gasteiger partial charge in [0.15, 0.2) is 28.6 Å². The van der Waals surface area contributed by atoms with E-state index in [9.17, 15) is 18.0 Å². The Morgan fingerprint density at radius 1 is 1.15 bits per heavy atom. The summed E-state index contributed by atoms with van der Waals surface area (Å²) in [6.07, 6.45) is -4.92. The first-order chi connectivity index (χ1) is 15.7. The number of hydrogen-bond acceptors (Lipinski definition) is 6. The fourth-order valence-corrected chi connectivity index (χ4v) is 3.87. The summed E-state index contributed by atoms with van der Waals surface area (Å²) in [5, 5.41) is 11.3. The number of aromatic nitrogens is 3. The molecule has 33 heavy (non-hydrogen) atoms. The molecule has 11 heteroatoms. The van der Waals surface area contributed by atoms with E-state index >= 15 is 0 Å². The lowest BCUT2D eigenvalue weighted by molar-refractivity contribution is -0.137. The lowest BCUT2D eigenvalue weighted by atomic mass is 10.2. The number of thioether (sulfide) groups is 1. The number of rotatable bonds is 9. The maximum Gasteiger partial charge on any atom is 0.416 e. The number of hydrogen-bond donors (Lipinski definition) is 1. The van der Waals surface area contributed by atoms with Crippen LogP contribution in [0.5, 0.6) is 11.5 Å². The highest BCUT2D eigenvalue weighted by atomic mass is 32.2. The highest BCUT2D eigenvalue weighted by Crippen LogP contribution is 2.32. The fourth-order valence-electron chi connectivity index (χ4n) is 3.06. The van der Waals surface area contributed by atoms with Crippen molar-refractivity contribution in [3.05, 3.63) is 59.9 Å². The largest absolute Gasteiger partial charge is 0.493 e. The predicted octanol–water partition coefficient (Wildman–Crippen LogP) is 5.20. The molecule has 3 rings (SSSR count). The molecule has 0 saturated carbocycles. The highest BCUT2D eigenvalue weighted by molar-refractivity contribution is 7.99. The number of nitrogens with one attached hydrogen (secondary N) is 1. The number of carbonyl (C=O) groups excluding carboxylic acids is 1. The number of ether oxygens (including phenoxy) is 2. The quantitative estimate of drug-likeness (QED) is 0.425. The van der Waals surface area contributed by atoms with E-state index < -0.39 is 23.8 Å². The smallest absolute Gasteiger partial charge is 0.416 e. The second kappa shape index (κ2) is 10.6. The Hall–Kier alpha value is -3.21. The van der Waals surface area contributed by atoms with Crippen molar-refractivity contribution < 1.29 is 27.4 Å². The van der Waals surface area contributed by atoms with Crippen LogP contribution in [-0.4, -0.2) is 33.5 Å². The number of carbonyl (C=O) groups is 1. The van der Waals surface area contributed by atoms with E-state index in [1.165, 1.54) is 12.1 Å². The SMILES string of the molecule is CCn1c(SCC(=O)Nc2cccc(C(F)(F)F)c2)nnc1C(C)Oc1ccccc1OC. The van der Waals surface area contributed by atoms with Gasteiger partial charge in [-0.3, -0.25) is 4.79 Å². The van der Waals surface area contributed by atoms with E-state index in [2.05, 4.69) is 15.5 Å². The van der Waals surface area contributed by atoms with Crippen molar-refractivity contribution in [3.63, 3.8) is 0 Å². The number of anilines is 1. The summed E-state index contributed by atoms with van der Waals surface area (Å²) in [6.45, 7) is 4.28. The summed E-state index contributed by atoms with van der Waals surface area (Å²) in [5.41, 5.74) is -0.751. The number of alkyl halides is 3. The molecule has 1 amide bonds. The summed E-state index contributed by atoms with van der Waals surface area (Å²) in [5.74, 6) is 1.23. The molecule has 0 aliphatic carbocycles. The third-order valence-corrected chi connectivity index (χ3v) is 5.57. The Bertz CT molecular complexity index is 1100. The number of para-hydroxylation sites is 2. The molecule has 7 nitrogen and oxygen atoms in total. The van der Waals surface area contributed by atoms with E-state index in [0.29, 0.717) is 29.0 Å². The number of amides is 1. The topological polar surface area (TPSA) is 78.3 Å². The van der Waals surface area contributed by atoms with Crippen molar-refractivity contribution in [1.29, 1.82) is 0 Å². The zero-order valence-corrected chi connectivity index (χ0v) is 19.0. The van der Waals surface area contributed by atoms with Gasteiger partial charge in [-0.1, -0.05) is 30.0 Å². The van der Waals surface area contributed by atoms with Crippen LogP contribution in [0.4, 0.5) is 18.9 Å². The Morgan fingerprint density at radius 2 is 1.88 bits per heavy atom. The normalized spacial score (nSPS) is 12.3. The molecule has 1 heterocycles. The Kier molecular flexibility index (Phi) is 7.85. The minimum Gasteiger partial charge on any atom is -0.493 e. The van der Waals surface area contributed by atoms with Gasteiger partial charge in [0.25, 0.3) is 0 Å². The van der Waals surface area contributed by atoms with Crippen LogP contribution in [-0.2, 0) is 17.5 Å². The van der Waals surface area contributed by atoms with Gasteiger partial charge in [-0.05, 0) is 44.2 Å². The molecular weight excluding hydrogens is 457 g/mol. The van der Waals surface area contributed by atoms with E-state index in [0.717, 1.165) is 23.9 Å². The second-order valence-electron chi connectivity index (χ2n) is 6.91. The van der Waals surface area contributed by atoms with Gasteiger partial charge in [-0.15, -0.1) is 10.2 Å². The first kappa shape index (κ1) is 24.4. The zero-order valence-electron chi connectivity index (χ0n) is 18.2. The van der Waals surface area contributed by atoms with E-state index in [1.807, 2.05) is 30.5 Å².